The zero-order valence-corrected chi connectivity index (χ0v) is 18.0. The number of nitrogens with zero attached hydrogens (tertiary/aromatic N) is 1. The fourth-order valence-corrected chi connectivity index (χ4v) is 4.75. The van der Waals surface area contributed by atoms with Gasteiger partial charge in [0.2, 0.25) is 9.84 Å². The van der Waals surface area contributed by atoms with Crippen LogP contribution in [0.2, 0.25) is 0 Å². The van der Waals surface area contributed by atoms with Crippen LogP contribution in [0.15, 0.2) is 34.1 Å². The molecular weight excluding hydrogens is 380 g/mol. The average molecular weight is 409 g/mol. The summed E-state index contributed by atoms with van der Waals surface area (Å²) >= 11 is 0. The molecule has 1 amide bonds. The average Bonchev–Trinajstić information content (AvgIpc) is 2.86. The van der Waals surface area contributed by atoms with Gasteiger partial charge < -0.3 is 19.4 Å². The molecule has 0 radical (unpaired) electrons. The predicted octanol–water partition coefficient (Wildman–Crippen LogP) is 3.19. The van der Waals surface area contributed by atoms with Gasteiger partial charge >= 0.3 is 0 Å². The van der Waals surface area contributed by atoms with Crippen molar-refractivity contribution in [3.05, 3.63) is 35.5 Å². The van der Waals surface area contributed by atoms with E-state index in [1.54, 1.807) is 19.1 Å². The van der Waals surface area contributed by atoms with Crippen LogP contribution in [-0.2, 0) is 25.9 Å². The van der Waals surface area contributed by atoms with Gasteiger partial charge in [-0.15, -0.1) is 0 Å². The van der Waals surface area contributed by atoms with Crippen LogP contribution in [0, 0.1) is 19.8 Å². The summed E-state index contributed by atoms with van der Waals surface area (Å²) in [4.78, 5) is 12.5. The van der Waals surface area contributed by atoms with E-state index in [0.717, 1.165) is 5.69 Å². The molecule has 2 rings (SSSR count). The number of nitrogens with one attached hydrogen (secondary N) is 1. The molecule has 0 spiro atoms. The lowest BCUT2D eigenvalue weighted by molar-refractivity contribution is -0.119. The Morgan fingerprint density at radius 3 is 2.25 bits per heavy atom. The van der Waals surface area contributed by atoms with Crippen LogP contribution in [0.1, 0.15) is 25.1 Å². The minimum atomic E-state index is -3.86. The molecule has 1 aromatic heterocycles. The van der Waals surface area contributed by atoms with E-state index in [-0.39, 0.29) is 28.1 Å². The molecule has 154 valence electrons. The van der Waals surface area contributed by atoms with Crippen molar-refractivity contribution in [3.63, 3.8) is 0 Å². The first-order valence-corrected chi connectivity index (χ1v) is 10.5. The van der Waals surface area contributed by atoms with Crippen LogP contribution < -0.4 is 10.1 Å². The fraction of sp³-hybridized carbons (Fsp3) is 0.450. The summed E-state index contributed by atoms with van der Waals surface area (Å²) in [6.45, 7) is 8.10. The molecule has 7 nitrogen and oxygen atoms in total. The second-order valence-electron chi connectivity index (χ2n) is 7.05. The molecule has 0 aliphatic rings. The van der Waals surface area contributed by atoms with Crippen molar-refractivity contribution in [1.82, 2.24) is 4.57 Å². The molecule has 0 fully saturated rings. The molecule has 0 aliphatic heterocycles. The normalized spacial score (nSPS) is 11.7. The molecule has 1 aromatic carbocycles. The first kappa shape index (κ1) is 22.0. The van der Waals surface area contributed by atoms with Crippen LogP contribution in [-0.4, -0.2) is 39.7 Å². The summed E-state index contributed by atoms with van der Waals surface area (Å²) in [5.74, 6) is 0.704. The highest BCUT2D eigenvalue weighted by Crippen LogP contribution is 2.36. The van der Waals surface area contributed by atoms with Gasteiger partial charge in [0.05, 0.1) is 12.0 Å². The number of carbonyl (C=O) groups excluding carboxylic acids is 1. The van der Waals surface area contributed by atoms with Crippen molar-refractivity contribution >= 4 is 21.6 Å². The largest absolute Gasteiger partial charge is 0.497 e. The molecule has 0 bridgehead atoms. The Morgan fingerprint density at radius 1 is 1.14 bits per heavy atom. The first-order valence-electron chi connectivity index (χ1n) is 9.01. The number of hydrogen-bond donors (Lipinski definition) is 1. The van der Waals surface area contributed by atoms with Gasteiger partial charge in [0, 0.05) is 19.3 Å². The van der Waals surface area contributed by atoms with Crippen LogP contribution in [0.5, 0.6) is 5.75 Å². The van der Waals surface area contributed by atoms with Gasteiger partial charge in [-0.3, -0.25) is 4.79 Å². The third-order valence-corrected chi connectivity index (χ3v) is 6.42. The van der Waals surface area contributed by atoms with Gasteiger partial charge in [0.15, 0.2) is 0 Å². The lowest BCUT2D eigenvalue weighted by atomic mass is 10.2. The Hall–Kier alpha value is -2.32. The molecule has 0 saturated heterocycles. The van der Waals surface area contributed by atoms with Gasteiger partial charge in [-0.25, -0.2) is 8.42 Å². The van der Waals surface area contributed by atoms with Gasteiger partial charge in [-0.2, -0.15) is 0 Å². The molecule has 1 heterocycles. The van der Waals surface area contributed by atoms with Crippen LogP contribution in [0.4, 0.5) is 5.82 Å². The lowest BCUT2D eigenvalue weighted by Crippen LogP contribution is -2.22. The quantitative estimate of drug-likeness (QED) is 0.725. The molecule has 0 saturated carbocycles. The van der Waals surface area contributed by atoms with Crippen LogP contribution in [0.3, 0.4) is 0 Å². The molecule has 0 atom stereocenters. The third kappa shape index (κ3) is 4.39. The smallest absolute Gasteiger partial charge is 0.251 e. The van der Waals surface area contributed by atoms with Crippen molar-refractivity contribution < 1.29 is 22.7 Å². The highest BCUT2D eigenvalue weighted by Gasteiger charge is 2.30. The van der Waals surface area contributed by atoms with E-state index < -0.39 is 15.7 Å². The maximum absolute atomic E-state index is 13.4. The van der Waals surface area contributed by atoms with Crippen molar-refractivity contribution in [3.8, 4) is 5.75 Å². The monoisotopic (exact) mass is 408 g/mol. The number of ether oxygens (including phenoxy) is 2. The molecule has 1 N–H and O–H groups in total. The highest BCUT2D eigenvalue weighted by molar-refractivity contribution is 7.91. The number of benzene rings is 1. The predicted molar refractivity (Wildman–Crippen MR) is 108 cm³/mol. The van der Waals surface area contributed by atoms with E-state index >= 15 is 0 Å². The molecule has 8 heteroatoms. The number of sulfone groups is 1. The third-order valence-electron chi connectivity index (χ3n) is 4.49. The summed E-state index contributed by atoms with van der Waals surface area (Å²) in [6, 6.07) is 6.21. The Bertz CT molecular complexity index is 944. The van der Waals surface area contributed by atoms with E-state index in [9.17, 15) is 13.2 Å². The van der Waals surface area contributed by atoms with Crippen LogP contribution >= 0.6 is 0 Å². The second kappa shape index (κ2) is 8.79. The number of anilines is 1. The van der Waals surface area contributed by atoms with Crippen molar-refractivity contribution in [2.24, 2.45) is 5.92 Å². The molecular formula is C20H28N2O5S. The highest BCUT2D eigenvalue weighted by atomic mass is 32.2. The fourth-order valence-electron chi connectivity index (χ4n) is 3.05. The van der Waals surface area contributed by atoms with Crippen molar-refractivity contribution in [1.29, 1.82) is 0 Å². The van der Waals surface area contributed by atoms with Gasteiger partial charge in [0.25, 0.3) is 5.91 Å². The van der Waals surface area contributed by atoms with Crippen molar-refractivity contribution in [2.45, 2.75) is 44.0 Å². The van der Waals surface area contributed by atoms with Gasteiger partial charge in [-0.1, -0.05) is 13.8 Å². The van der Waals surface area contributed by atoms with E-state index in [0.29, 0.717) is 17.9 Å². The standard InChI is InChI=1S/C20H28N2O5S/c1-13(2)11-22-15(4)14(3)19(20(22)21-18(23)12-26-5)28(24,25)17-9-7-16(27-6)8-10-17/h7-10,13H,11-12H2,1-6H3,(H,21,23). The topological polar surface area (TPSA) is 86.6 Å². The lowest BCUT2D eigenvalue weighted by Gasteiger charge is -2.16. The summed E-state index contributed by atoms with van der Waals surface area (Å²) in [5.41, 5.74) is 1.41. The van der Waals surface area contributed by atoms with Crippen molar-refractivity contribution in [2.75, 3.05) is 26.1 Å². The Balaban J connectivity index is 2.67. The van der Waals surface area contributed by atoms with Crippen LogP contribution in [0.25, 0.3) is 0 Å². The minimum Gasteiger partial charge on any atom is -0.497 e. The van der Waals surface area contributed by atoms with Gasteiger partial charge in [-0.05, 0) is 49.6 Å². The first-order chi connectivity index (χ1) is 13.1. The zero-order chi connectivity index (χ0) is 21.1. The SMILES string of the molecule is COCC(=O)Nc1c(S(=O)(=O)c2ccc(OC)cc2)c(C)c(C)n1CC(C)C. The number of carbonyl (C=O) groups is 1. The van der Waals surface area contributed by atoms with E-state index in [2.05, 4.69) is 5.32 Å². The van der Waals surface area contributed by atoms with E-state index in [1.165, 1.54) is 26.4 Å². The number of rotatable bonds is 8. The Kier molecular flexibility index (Phi) is 6.90. The summed E-state index contributed by atoms with van der Waals surface area (Å²) in [7, 11) is -0.920. The van der Waals surface area contributed by atoms with E-state index in [4.69, 9.17) is 9.47 Å². The number of hydrogen-bond acceptors (Lipinski definition) is 5. The second-order valence-corrected chi connectivity index (χ2v) is 8.94. The van der Waals surface area contributed by atoms with Gasteiger partial charge in [0.1, 0.15) is 23.1 Å². The number of methoxy groups -OCH3 is 2. The zero-order valence-electron chi connectivity index (χ0n) is 17.2. The summed E-state index contributed by atoms with van der Waals surface area (Å²) in [5, 5.41) is 2.74. The summed E-state index contributed by atoms with van der Waals surface area (Å²) in [6.07, 6.45) is 0. The number of amides is 1. The summed E-state index contributed by atoms with van der Waals surface area (Å²) < 4.78 is 38.7. The maximum Gasteiger partial charge on any atom is 0.251 e. The van der Waals surface area contributed by atoms with E-state index in [1.807, 2.05) is 25.3 Å². The molecule has 0 unspecified atom stereocenters. The Morgan fingerprint density at radius 2 is 1.75 bits per heavy atom. The molecule has 28 heavy (non-hydrogen) atoms. The maximum atomic E-state index is 13.4. The molecule has 0 aliphatic carbocycles. The number of aromatic nitrogens is 1. The Labute approximate surface area is 166 Å². The minimum absolute atomic E-state index is 0.111. The molecule has 2 aromatic rings.